The Morgan fingerprint density at radius 3 is 2.41 bits per heavy atom. The number of likely N-dealkylation sites (N-methyl/N-ethyl adjacent to an activating group) is 2. The molecule has 0 aliphatic rings. The van der Waals surface area contributed by atoms with E-state index in [2.05, 4.69) is 19.9 Å². The van der Waals surface area contributed by atoms with E-state index in [-0.39, 0.29) is 11.3 Å². The topological polar surface area (TPSA) is 54.4 Å². The Morgan fingerprint density at radius 2 is 1.82 bits per heavy atom. The third-order valence-corrected chi connectivity index (χ3v) is 2.24. The van der Waals surface area contributed by atoms with E-state index < -0.39 is 0 Å². The van der Waals surface area contributed by atoms with Gasteiger partial charge in [-0.2, -0.15) is 15.0 Å². The molecule has 1 heterocycles. The number of hydrogen-bond donors (Lipinski definition) is 0. The van der Waals surface area contributed by atoms with E-state index in [1.54, 1.807) is 0 Å². The third kappa shape index (κ3) is 4.70. The fraction of sp³-hybridized carbons (Fsp3) is 0.700. The minimum absolute atomic E-state index is 0.148. The summed E-state index contributed by atoms with van der Waals surface area (Å²) in [4.78, 5) is 16.1. The molecule has 1 rings (SSSR count). The van der Waals surface area contributed by atoms with Crippen molar-refractivity contribution >= 4 is 17.5 Å². The first-order chi connectivity index (χ1) is 8.02. The van der Waals surface area contributed by atoms with Crippen LogP contribution >= 0.6 is 11.6 Å². The van der Waals surface area contributed by atoms with Crippen LogP contribution in [0.3, 0.4) is 0 Å². The number of hydrogen-bond acceptors (Lipinski definition) is 6. The van der Waals surface area contributed by atoms with E-state index in [0.717, 1.165) is 13.1 Å². The van der Waals surface area contributed by atoms with Crippen LogP contribution in [0.15, 0.2) is 0 Å². The molecule has 0 bridgehead atoms. The van der Waals surface area contributed by atoms with Gasteiger partial charge >= 0.3 is 6.01 Å². The molecule has 0 N–H and O–H groups in total. The standard InChI is InChI=1S/C10H18ClN5O/c1-5-17-10-13-8(11)12-9(14-10)16(4)7-6-15(2)3/h5-7H2,1-4H3. The lowest BCUT2D eigenvalue weighted by Crippen LogP contribution is -2.29. The Hall–Kier alpha value is -1.14. The maximum absolute atomic E-state index is 5.81. The zero-order valence-electron chi connectivity index (χ0n) is 10.6. The van der Waals surface area contributed by atoms with E-state index in [0.29, 0.717) is 12.6 Å². The highest BCUT2D eigenvalue weighted by Gasteiger charge is 2.10. The molecule has 17 heavy (non-hydrogen) atoms. The lowest BCUT2D eigenvalue weighted by atomic mass is 10.5. The average molecular weight is 260 g/mol. The molecule has 0 saturated carbocycles. The van der Waals surface area contributed by atoms with Crippen LogP contribution in [0, 0.1) is 0 Å². The zero-order chi connectivity index (χ0) is 12.8. The maximum atomic E-state index is 5.81. The minimum Gasteiger partial charge on any atom is -0.464 e. The molecule has 6 nitrogen and oxygen atoms in total. The van der Waals surface area contributed by atoms with Crippen LogP contribution < -0.4 is 9.64 Å². The molecule has 1 aromatic rings. The van der Waals surface area contributed by atoms with Crippen molar-refractivity contribution in [3.05, 3.63) is 5.28 Å². The Balaban J connectivity index is 2.74. The van der Waals surface area contributed by atoms with Gasteiger partial charge in [0.15, 0.2) is 0 Å². The summed E-state index contributed by atoms with van der Waals surface area (Å²) in [6.45, 7) is 4.08. The van der Waals surface area contributed by atoms with Gasteiger partial charge in [0, 0.05) is 20.1 Å². The molecule has 0 aliphatic heterocycles. The van der Waals surface area contributed by atoms with E-state index >= 15 is 0 Å². The molecule has 0 amide bonds. The minimum atomic E-state index is 0.148. The molecule has 0 radical (unpaired) electrons. The lowest BCUT2D eigenvalue weighted by Gasteiger charge is -2.19. The third-order valence-electron chi connectivity index (χ3n) is 2.07. The number of aromatic nitrogens is 3. The van der Waals surface area contributed by atoms with Crippen LogP contribution in [0.5, 0.6) is 6.01 Å². The quantitative estimate of drug-likeness (QED) is 0.757. The fourth-order valence-corrected chi connectivity index (χ4v) is 1.28. The Kier molecular flexibility index (Phi) is 5.37. The van der Waals surface area contributed by atoms with Gasteiger partial charge in [0.25, 0.3) is 0 Å². The monoisotopic (exact) mass is 259 g/mol. The van der Waals surface area contributed by atoms with E-state index in [1.807, 2.05) is 33.0 Å². The first-order valence-electron chi connectivity index (χ1n) is 5.43. The molecule has 7 heteroatoms. The van der Waals surface area contributed by atoms with Crippen molar-refractivity contribution in [1.29, 1.82) is 0 Å². The molecule has 1 aromatic heterocycles. The highest BCUT2D eigenvalue weighted by molar-refractivity contribution is 6.28. The molecule has 0 saturated heterocycles. The predicted octanol–water partition coefficient (Wildman–Crippen LogP) is 0.921. The summed E-state index contributed by atoms with van der Waals surface area (Å²) in [5.74, 6) is 0.523. The van der Waals surface area contributed by atoms with Gasteiger partial charge in [0.1, 0.15) is 0 Å². The summed E-state index contributed by atoms with van der Waals surface area (Å²) in [5.41, 5.74) is 0. The number of anilines is 1. The highest BCUT2D eigenvalue weighted by atomic mass is 35.5. The summed E-state index contributed by atoms with van der Waals surface area (Å²) >= 11 is 5.81. The van der Waals surface area contributed by atoms with Crippen molar-refractivity contribution in [1.82, 2.24) is 19.9 Å². The summed E-state index contributed by atoms with van der Waals surface area (Å²) in [7, 11) is 5.94. The largest absolute Gasteiger partial charge is 0.464 e. The number of nitrogens with zero attached hydrogens (tertiary/aromatic N) is 5. The molecule has 0 aliphatic carbocycles. The highest BCUT2D eigenvalue weighted by Crippen LogP contribution is 2.13. The van der Waals surface area contributed by atoms with Crippen molar-refractivity contribution in [2.75, 3.05) is 45.7 Å². The van der Waals surface area contributed by atoms with Crippen molar-refractivity contribution < 1.29 is 4.74 Å². The zero-order valence-corrected chi connectivity index (χ0v) is 11.4. The summed E-state index contributed by atoms with van der Waals surface area (Å²) < 4.78 is 5.22. The molecule has 0 fully saturated rings. The molecule has 0 spiro atoms. The average Bonchev–Trinajstić information content (AvgIpc) is 2.25. The van der Waals surface area contributed by atoms with Crippen molar-refractivity contribution in [2.45, 2.75) is 6.92 Å². The van der Waals surface area contributed by atoms with Crippen LogP contribution in [-0.2, 0) is 0 Å². The smallest absolute Gasteiger partial charge is 0.322 e. The second kappa shape index (κ2) is 6.56. The van der Waals surface area contributed by atoms with E-state index in [1.165, 1.54) is 0 Å². The molecular weight excluding hydrogens is 242 g/mol. The number of rotatable bonds is 6. The summed E-state index contributed by atoms with van der Waals surface area (Å²) in [6.07, 6.45) is 0. The second-order valence-electron chi connectivity index (χ2n) is 3.84. The molecule has 96 valence electrons. The molecule has 0 atom stereocenters. The SMILES string of the molecule is CCOc1nc(Cl)nc(N(C)CCN(C)C)n1. The summed E-state index contributed by atoms with van der Waals surface area (Å²) in [5, 5.41) is 0.148. The van der Waals surface area contributed by atoms with Crippen molar-refractivity contribution in [3.8, 4) is 6.01 Å². The van der Waals surface area contributed by atoms with Gasteiger partial charge in [-0.3, -0.25) is 0 Å². The van der Waals surface area contributed by atoms with E-state index in [4.69, 9.17) is 16.3 Å². The van der Waals surface area contributed by atoms with Gasteiger partial charge < -0.3 is 14.5 Å². The van der Waals surface area contributed by atoms with Gasteiger partial charge in [-0.1, -0.05) is 0 Å². The Morgan fingerprint density at radius 1 is 1.12 bits per heavy atom. The maximum Gasteiger partial charge on any atom is 0.322 e. The van der Waals surface area contributed by atoms with Crippen LogP contribution in [0.1, 0.15) is 6.92 Å². The van der Waals surface area contributed by atoms with Crippen molar-refractivity contribution in [2.24, 2.45) is 0 Å². The molecular formula is C10H18ClN5O. The number of ether oxygens (including phenoxy) is 1. The van der Waals surface area contributed by atoms with Gasteiger partial charge in [-0.25, -0.2) is 0 Å². The van der Waals surface area contributed by atoms with Gasteiger partial charge in [0.05, 0.1) is 6.61 Å². The molecule has 0 aromatic carbocycles. The van der Waals surface area contributed by atoms with Crippen LogP contribution in [0.25, 0.3) is 0 Å². The first kappa shape index (κ1) is 13.9. The molecule has 0 unspecified atom stereocenters. The van der Waals surface area contributed by atoms with Crippen LogP contribution in [-0.4, -0.2) is 60.7 Å². The Bertz CT molecular complexity index is 361. The van der Waals surface area contributed by atoms with Gasteiger partial charge in [0.2, 0.25) is 11.2 Å². The fourth-order valence-electron chi connectivity index (χ4n) is 1.14. The van der Waals surface area contributed by atoms with Gasteiger partial charge in [-0.15, -0.1) is 0 Å². The predicted molar refractivity (Wildman–Crippen MR) is 67.8 cm³/mol. The van der Waals surface area contributed by atoms with Crippen LogP contribution in [0.2, 0.25) is 5.28 Å². The van der Waals surface area contributed by atoms with Gasteiger partial charge in [-0.05, 0) is 32.6 Å². The second-order valence-corrected chi connectivity index (χ2v) is 4.18. The summed E-state index contributed by atoms with van der Waals surface area (Å²) in [6, 6.07) is 0.263. The first-order valence-corrected chi connectivity index (χ1v) is 5.81. The normalized spacial score (nSPS) is 10.7. The van der Waals surface area contributed by atoms with Crippen molar-refractivity contribution in [3.63, 3.8) is 0 Å². The van der Waals surface area contributed by atoms with E-state index in [9.17, 15) is 0 Å². The van der Waals surface area contributed by atoms with Crippen LogP contribution in [0.4, 0.5) is 5.95 Å². The Labute approximate surface area is 107 Å². The number of halogens is 1. The lowest BCUT2D eigenvalue weighted by molar-refractivity contribution is 0.311.